The average molecular weight is 404 g/mol. The second-order valence-corrected chi connectivity index (χ2v) is 7.65. The number of rotatable bonds is 9. The predicted octanol–water partition coefficient (Wildman–Crippen LogP) is 2.66. The van der Waals surface area contributed by atoms with Gasteiger partial charge in [0.25, 0.3) is 0 Å². The van der Waals surface area contributed by atoms with Crippen LogP contribution in [0.25, 0.3) is 11.2 Å². The van der Waals surface area contributed by atoms with E-state index in [1.54, 1.807) is 13.8 Å². The lowest BCUT2D eigenvalue weighted by atomic mass is 10.3. The maximum atomic E-state index is 14.6. The molecule has 3 heterocycles. The number of fused-ring (bicyclic) bond motifs is 1. The lowest BCUT2D eigenvalue weighted by Gasteiger charge is -2.20. The van der Waals surface area contributed by atoms with Crippen molar-refractivity contribution in [2.75, 3.05) is 26.7 Å². The highest BCUT2D eigenvalue weighted by Gasteiger charge is 2.40. The fourth-order valence-corrected chi connectivity index (χ4v) is 4.15. The van der Waals surface area contributed by atoms with E-state index in [4.69, 9.17) is 23.3 Å². The number of ether oxygens (including phenoxy) is 3. The van der Waals surface area contributed by atoms with E-state index in [1.807, 2.05) is 0 Å². The molecule has 3 atom stereocenters. The van der Waals surface area contributed by atoms with Gasteiger partial charge >= 0.3 is 7.60 Å². The summed E-state index contributed by atoms with van der Waals surface area (Å²) in [6.07, 6.45) is -0.905. The van der Waals surface area contributed by atoms with Crippen molar-refractivity contribution >= 4 is 18.8 Å². The lowest BCUT2D eigenvalue weighted by Crippen LogP contribution is -2.17. The molecule has 1 saturated heterocycles. The Kier molecular flexibility index (Phi) is 6.38. The summed E-state index contributed by atoms with van der Waals surface area (Å²) < 4.78 is 55.0. The second-order valence-electron chi connectivity index (χ2n) is 5.66. The zero-order chi connectivity index (χ0) is 19.4. The van der Waals surface area contributed by atoms with Crippen molar-refractivity contribution in [3.63, 3.8) is 0 Å². The molecule has 0 amide bonds. The van der Waals surface area contributed by atoms with Crippen molar-refractivity contribution in [2.45, 2.75) is 39.0 Å². The Morgan fingerprint density at radius 3 is 2.70 bits per heavy atom. The lowest BCUT2D eigenvalue weighted by molar-refractivity contribution is -0.143. The molecule has 1 fully saturated rings. The van der Waals surface area contributed by atoms with Gasteiger partial charge in [0.2, 0.25) is 5.88 Å². The minimum atomic E-state index is -3.40. The Balaban J connectivity index is 1.71. The Hall–Kier alpha value is -1.65. The number of methoxy groups -OCH3 is 1. The van der Waals surface area contributed by atoms with Crippen LogP contribution in [0.5, 0.6) is 5.88 Å². The minimum absolute atomic E-state index is 0.0369. The van der Waals surface area contributed by atoms with Gasteiger partial charge in [-0.3, -0.25) is 9.13 Å². The molecule has 0 aliphatic carbocycles. The van der Waals surface area contributed by atoms with Crippen LogP contribution >= 0.6 is 7.60 Å². The van der Waals surface area contributed by atoms with Crippen LogP contribution in [0, 0.1) is 0 Å². The van der Waals surface area contributed by atoms with Crippen LogP contribution in [0.3, 0.4) is 0 Å². The summed E-state index contributed by atoms with van der Waals surface area (Å²) in [5.41, 5.74) is 0.779. The number of nitrogens with zero attached hydrogens (tertiary/aromatic N) is 4. The molecule has 0 radical (unpaired) electrons. The van der Waals surface area contributed by atoms with Gasteiger partial charge in [0.05, 0.1) is 26.7 Å². The van der Waals surface area contributed by atoms with E-state index in [9.17, 15) is 8.96 Å². The van der Waals surface area contributed by atoms with Crippen molar-refractivity contribution in [2.24, 2.45) is 0 Å². The zero-order valence-electron chi connectivity index (χ0n) is 15.3. The average Bonchev–Trinajstić information content (AvgIpc) is 3.23. The Labute approximate surface area is 155 Å². The molecule has 1 unspecified atom stereocenters. The summed E-state index contributed by atoms with van der Waals surface area (Å²) in [6.45, 7) is 3.82. The predicted molar refractivity (Wildman–Crippen MR) is 92.1 cm³/mol. The third-order valence-electron chi connectivity index (χ3n) is 3.88. The Morgan fingerprint density at radius 2 is 2.04 bits per heavy atom. The summed E-state index contributed by atoms with van der Waals surface area (Å²) in [5.74, 6) is 0.286. The van der Waals surface area contributed by atoms with Crippen LogP contribution in [-0.2, 0) is 23.1 Å². The molecule has 0 saturated carbocycles. The number of hydrogen-bond acceptors (Lipinski definition) is 9. The van der Waals surface area contributed by atoms with Gasteiger partial charge in [-0.2, -0.15) is 4.98 Å². The molecular weight excluding hydrogens is 382 g/mol. The van der Waals surface area contributed by atoms with Crippen molar-refractivity contribution < 1.29 is 32.2 Å². The second kappa shape index (κ2) is 8.57. The SMILES string of the molecule is CCOP(=O)(CO[C@@H]1CC(F)[C@H](n2cnc3c(OC)ncnc32)O1)OCC. The van der Waals surface area contributed by atoms with Gasteiger partial charge < -0.3 is 23.3 Å². The third kappa shape index (κ3) is 4.27. The van der Waals surface area contributed by atoms with E-state index < -0.39 is 26.3 Å². The topological polar surface area (TPSA) is 107 Å². The van der Waals surface area contributed by atoms with Crippen LogP contribution in [0.1, 0.15) is 26.5 Å². The molecular formula is C15H22FN4O6P. The first kappa shape index (κ1) is 20.1. The maximum absolute atomic E-state index is 14.6. The van der Waals surface area contributed by atoms with Crippen LogP contribution in [0.15, 0.2) is 12.7 Å². The molecule has 0 aromatic carbocycles. The van der Waals surface area contributed by atoms with Gasteiger partial charge in [-0.05, 0) is 13.8 Å². The largest absolute Gasteiger partial charge is 0.479 e. The molecule has 3 rings (SSSR count). The number of alkyl halides is 1. The highest BCUT2D eigenvalue weighted by atomic mass is 31.2. The fraction of sp³-hybridized carbons (Fsp3) is 0.667. The highest BCUT2D eigenvalue weighted by molar-refractivity contribution is 7.53. The van der Waals surface area contributed by atoms with Crippen LogP contribution in [-0.4, -0.2) is 58.7 Å². The molecule has 27 heavy (non-hydrogen) atoms. The number of halogens is 1. The molecule has 0 N–H and O–H groups in total. The van der Waals surface area contributed by atoms with E-state index >= 15 is 0 Å². The summed E-state index contributed by atoms with van der Waals surface area (Å²) in [4.78, 5) is 12.3. The number of aromatic nitrogens is 4. The monoisotopic (exact) mass is 404 g/mol. The molecule has 0 bridgehead atoms. The molecule has 10 nitrogen and oxygen atoms in total. The molecule has 0 spiro atoms. The van der Waals surface area contributed by atoms with Crippen LogP contribution in [0.2, 0.25) is 0 Å². The molecule has 150 valence electrons. The summed E-state index contributed by atoms with van der Waals surface area (Å²) in [6, 6.07) is 0. The Bertz CT molecular complexity index is 811. The van der Waals surface area contributed by atoms with Gasteiger partial charge in [-0.1, -0.05) is 0 Å². The van der Waals surface area contributed by atoms with Crippen LogP contribution < -0.4 is 4.74 Å². The van der Waals surface area contributed by atoms with Crippen molar-refractivity contribution in [1.82, 2.24) is 19.5 Å². The fourth-order valence-electron chi connectivity index (χ4n) is 2.79. The summed E-state index contributed by atoms with van der Waals surface area (Å²) >= 11 is 0. The smallest absolute Gasteiger partial charge is 0.356 e. The van der Waals surface area contributed by atoms with Gasteiger partial charge in [0.15, 0.2) is 36.2 Å². The molecule has 12 heteroatoms. The van der Waals surface area contributed by atoms with Crippen molar-refractivity contribution in [3.8, 4) is 5.88 Å². The summed E-state index contributed by atoms with van der Waals surface area (Å²) in [7, 11) is -1.94. The van der Waals surface area contributed by atoms with Gasteiger partial charge in [0, 0.05) is 6.42 Å². The first-order chi connectivity index (χ1) is 13.0. The first-order valence-electron chi connectivity index (χ1n) is 8.52. The molecule has 1 aliphatic heterocycles. The normalized spacial score (nSPS) is 23.2. The van der Waals surface area contributed by atoms with E-state index in [-0.39, 0.29) is 31.9 Å². The summed E-state index contributed by atoms with van der Waals surface area (Å²) in [5, 5.41) is 0. The van der Waals surface area contributed by atoms with Crippen molar-refractivity contribution in [1.29, 1.82) is 0 Å². The van der Waals surface area contributed by atoms with E-state index in [0.717, 1.165) is 0 Å². The van der Waals surface area contributed by atoms with Gasteiger partial charge in [0.1, 0.15) is 6.33 Å². The number of imidazole rings is 1. The number of hydrogen-bond donors (Lipinski definition) is 0. The first-order valence-corrected chi connectivity index (χ1v) is 10.2. The standard InChI is InChI=1S/C15H22FN4O6P/c1-4-24-27(21,25-5-2)9-23-11-6-10(16)15(26-11)20-8-19-12-13(20)17-7-18-14(12)22-3/h7-8,10-11,15H,4-6,9H2,1-3H3/t10?,11-,15+/m0/s1. The van der Waals surface area contributed by atoms with Gasteiger partial charge in [-0.25, -0.2) is 14.4 Å². The third-order valence-corrected chi connectivity index (χ3v) is 5.65. The van der Waals surface area contributed by atoms with E-state index in [1.165, 1.54) is 24.3 Å². The van der Waals surface area contributed by atoms with E-state index in [2.05, 4.69) is 15.0 Å². The molecule has 2 aromatic heterocycles. The minimum Gasteiger partial charge on any atom is -0.479 e. The highest BCUT2D eigenvalue weighted by Crippen LogP contribution is 2.49. The maximum Gasteiger partial charge on any atom is 0.356 e. The molecule has 2 aromatic rings. The molecule has 1 aliphatic rings. The Morgan fingerprint density at radius 1 is 1.30 bits per heavy atom. The van der Waals surface area contributed by atoms with E-state index in [0.29, 0.717) is 11.2 Å². The van der Waals surface area contributed by atoms with Crippen LogP contribution in [0.4, 0.5) is 4.39 Å². The van der Waals surface area contributed by atoms with Gasteiger partial charge in [-0.15, -0.1) is 0 Å². The quantitative estimate of drug-likeness (QED) is 0.583. The van der Waals surface area contributed by atoms with Crippen molar-refractivity contribution in [3.05, 3.63) is 12.7 Å². The zero-order valence-corrected chi connectivity index (χ0v) is 16.2.